The summed E-state index contributed by atoms with van der Waals surface area (Å²) in [6.45, 7) is 5.48. The van der Waals surface area contributed by atoms with Crippen LogP contribution in [0, 0.1) is 0 Å². The second kappa shape index (κ2) is 5.23. The summed E-state index contributed by atoms with van der Waals surface area (Å²) in [6, 6.07) is 0.662. The zero-order chi connectivity index (χ0) is 9.68. The van der Waals surface area contributed by atoms with Gasteiger partial charge in [0, 0.05) is 6.04 Å². The van der Waals surface area contributed by atoms with Gasteiger partial charge in [-0.25, -0.2) is 0 Å². The van der Waals surface area contributed by atoms with Gasteiger partial charge >= 0.3 is 0 Å². The first-order valence-electron chi connectivity index (χ1n) is 5.28. The van der Waals surface area contributed by atoms with Crippen LogP contribution in [0.4, 0.5) is 0 Å². The molecule has 0 bridgehead atoms. The van der Waals surface area contributed by atoms with Crippen molar-refractivity contribution in [1.29, 1.82) is 0 Å². The highest BCUT2D eigenvalue weighted by molar-refractivity contribution is 5.24. The minimum atomic E-state index is 0.662. The minimum absolute atomic E-state index is 0.662. The van der Waals surface area contributed by atoms with Gasteiger partial charge < -0.3 is 0 Å². The van der Waals surface area contributed by atoms with Crippen molar-refractivity contribution in [3.63, 3.8) is 0 Å². The molecule has 0 radical (unpaired) electrons. The van der Waals surface area contributed by atoms with E-state index in [-0.39, 0.29) is 0 Å². The van der Waals surface area contributed by atoms with E-state index in [9.17, 15) is 0 Å². The van der Waals surface area contributed by atoms with Gasteiger partial charge in [-0.05, 0) is 45.9 Å². The maximum atomic E-state index is 2.47. The predicted molar refractivity (Wildman–Crippen MR) is 58.8 cm³/mol. The highest BCUT2D eigenvalue weighted by Crippen LogP contribution is 2.22. The summed E-state index contributed by atoms with van der Waals surface area (Å²) in [4.78, 5) is 2.47. The molecule has 0 aromatic heterocycles. The Hall–Kier alpha value is -0.560. The first-order chi connectivity index (χ1) is 6.29. The van der Waals surface area contributed by atoms with Gasteiger partial charge in [-0.3, -0.25) is 4.90 Å². The van der Waals surface area contributed by atoms with Gasteiger partial charge in [0.05, 0.1) is 0 Å². The number of hydrogen-bond acceptors (Lipinski definition) is 1. The van der Waals surface area contributed by atoms with Crippen molar-refractivity contribution in [2.45, 2.75) is 39.2 Å². The lowest BCUT2D eigenvalue weighted by molar-refractivity contribution is 0.215. The summed E-state index contributed by atoms with van der Waals surface area (Å²) in [5.74, 6) is 0. The van der Waals surface area contributed by atoms with Crippen LogP contribution in [0.5, 0.6) is 0 Å². The molecule has 1 unspecified atom stereocenters. The summed E-state index contributed by atoms with van der Waals surface area (Å²) < 4.78 is 0. The fraction of sp³-hybridized carbons (Fsp3) is 0.667. The Morgan fingerprint density at radius 2 is 2.08 bits per heavy atom. The van der Waals surface area contributed by atoms with E-state index in [0.717, 1.165) is 0 Å². The molecule has 1 rings (SSSR count). The Kier molecular flexibility index (Phi) is 4.23. The lowest BCUT2D eigenvalue weighted by Crippen LogP contribution is -2.37. The third kappa shape index (κ3) is 2.70. The van der Waals surface area contributed by atoms with Crippen LogP contribution >= 0.6 is 0 Å². The molecule has 1 aliphatic rings. The molecule has 13 heavy (non-hydrogen) atoms. The zero-order valence-corrected chi connectivity index (χ0v) is 9.09. The largest absolute Gasteiger partial charge is 0.299 e. The number of rotatable bonds is 2. The minimum Gasteiger partial charge on any atom is -0.299 e. The average Bonchev–Trinajstić information content (AvgIpc) is 2.16. The number of likely N-dealkylation sites (N-methyl/N-ethyl adjacent to an activating group) is 1. The van der Waals surface area contributed by atoms with Gasteiger partial charge in [0.25, 0.3) is 0 Å². The van der Waals surface area contributed by atoms with E-state index in [1.54, 1.807) is 0 Å². The van der Waals surface area contributed by atoms with Crippen LogP contribution in [0.1, 0.15) is 33.1 Å². The molecular weight excluding hydrogens is 158 g/mol. The molecule has 1 heterocycles. The van der Waals surface area contributed by atoms with E-state index in [2.05, 4.69) is 44.0 Å². The molecule has 1 heteroatoms. The zero-order valence-electron chi connectivity index (χ0n) is 9.09. The van der Waals surface area contributed by atoms with E-state index in [0.29, 0.717) is 6.04 Å². The van der Waals surface area contributed by atoms with Crippen molar-refractivity contribution in [3.05, 3.63) is 23.8 Å². The number of allylic oxidation sites excluding steroid dienone is 2. The van der Waals surface area contributed by atoms with Gasteiger partial charge in [-0.2, -0.15) is 0 Å². The Labute approximate surface area is 82.1 Å². The van der Waals surface area contributed by atoms with Gasteiger partial charge in [0.15, 0.2) is 0 Å². The molecule has 0 amide bonds. The SMILES string of the molecule is C/C=C\C(=C/C)C1CCCCN1C. The normalized spacial score (nSPS) is 27.0. The van der Waals surface area contributed by atoms with Gasteiger partial charge in [0.2, 0.25) is 0 Å². The molecule has 0 aromatic rings. The van der Waals surface area contributed by atoms with E-state index < -0.39 is 0 Å². The smallest absolute Gasteiger partial charge is 0.0341 e. The third-order valence-electron chi connectivity index (χ3n) is 2.85. The highest BCUT2D eigenvalue weighted by atomic mass is 15.1. The Bertz CT molecular complexity index is 203. The summed E-state index contributed by atoms with van der Waals surface area (Å²) in [6.07, 6.45) is 10.7. The van der Waals surface area contributed by atoms with E-state index >= 15 is 0 Å². The molecule has 1 atom stereocenters. The molecule has 1 fully saturated rings. The van der Waals surface area contributed by atoms with Crippen molar-refractivity contribution in [1.82, 2.24) is 4.90 Å². The molecule has 0 aromatic carbocycles. The highest BCUT2D eigenvalue weighted by Gasteiger charge is 2.20. The first kappa shape index (κ1) is 10.5. The molecule has 0 spiro atoms. The molecule has 0 N–H and O–H groups in total. The molecule has 1 saturated heterocycles. The van der Waals surface area contributed by atoms with Crippen LogP contribution in [0.3, 0.4) is 0 Å². The predicted octanol–water partition coefficient (Wildman–Crippen LogP) is 2.99. The molecule has 74 valence electrons. The monoisotopic (exact) mass is 179 g/mol. The molecular formula is C12H21N. The Balaban J connectivity index is 2.66. The standard InChI is InChI=1S/C12H21N/c1-4-8-11(5-2)12-9-6-7-10-13(12)3/h4-5,8,12H,6-7,9-10H2,1-3H3/b8-4-,11-5+. The summed E-state index contributed by atoms with van der Waals surface area (Å²) in [5.41, 5.74) is 1.48. The number of likely N-dealkylation sites (tertiary alicyclic amines) is 1. The lowest BCUT2D eigenvalue weighted by Gasteiger charge is -2.33. The summed E-state index contributed by atoms with van der Waals surface area (Å²) in [5, 5.41) is 0. The Morgan fingerprint density at radius 3 is 2.62 bits per heavy atom. The second-order valence-corrected chi connectivity index (χ2v) is 3.78. The van der Waals surface area contributed by atoms with Crippen molar-refractivity contribution in [3.8, 4) is 0 Å². The van der Waals surface area contributed by atoms with Crippen LogP contribution in [0.2, 0.25) is 0 Å². The van der Waals surface area contributed by atoms with Crippen molar-refractivity contribution in [2.24, 2.45) is 0 Å². The maximum Gasteiger partial charge on any atom is 0.0341 e. The Morgan fingerprint density at radius 1 is 1.31 bits per heavy atom. The lowest BCUT2D eigenvalue weighted by atomic mass is 9.95. The van der Waals surface area contributed by atoms with Crippen LogP contribution in [-0.4, -0.2) is 24.5 Å². The van der Waals surface area contributed by atoms with E-state index in [1.807, 2.05) is 0 Å². The van der Waals surface area contributed by atoms with Crippen molar-refractivity contribution >= 4 is 0 Å². The van der Waals surface area contributed by atoms with Crippen molar-refractivity contribution in [2.75, 3.05) is 13.6 Å². The first-order valence-corrected chi connectivity index (χ1v) is 5.28. The molecule has 1 nitrogen and oxygen atoms in total. The van der Waals surface area contributed by atoms with Gasteiger partial charge in [0.1, 0.15) is 0 Å². The van der Waals surface area contributed by atoms with E-state index in [4.69, 9.17) is 0 Å². The van der Waals surface area contributed by atoms with Gasteiger partial charge in [-0.1, -0.05) is 24.6 Å². The van der Waals surface area contributed by atoms with Gasteiger partial charge in [-0.15, -0.1) is 0 Å². The van der Waals surface area contributed by atoms with Crippen molar-refractivity contribution < 1.29 is 0 Å². The molecule has 1 aliphatic heterocycles. The van der Waals surface area contributed by atoms with Crippen LogP contribution in [-0.2, 0) is 0 Å². The number of nitrogens with zero attached hydrogens (tertiary/aromatic N) is 1. The van der Waals surface area contributed by atoms with E-state index in [1.165, 1.54) is 31.4 Å². The fourth-order valence-corrected chi connectivity index (χ4v) is 2.09. The number of piperidine rings is 1. The number of hydrogen-bond donors (Lipinski definition) is 0. The van der Waals surface area contributed by atoms with Crippen LogP contribution < -0.4 is 0 Å². The van der Waals surface area contributed by atoms with Crippen LogP contribution in [0.15, 0.2) is 23.8 Å². The summed E-state index contributed by atoms with van der Waals surface area (Å²) >= 11 is 0. The second-order valence-electron chi connectivity index (χ2n) is 3.78. The summed E-state index contributed by atoms with van der Waals surface area (Å²) in [7, 11) is 2.23. The third-order valence-corrected chi connectivity index (χ3v) is 2.85. The topological polar surface area (TPSA) is 3.24 Å². The maximum absolute atomic E-state index is 2.47. The van der Waals surface area contributed by atoms with Crippen LogP contribution in [0.25, 0.3) is 0 Å². The fourth-order valence-electron chi connectivity index (χ4n) is 2.09. The quantitative estimate of drug-likeness (QED) is 0.589. The molecule has 0 aliphatic carbocycles. The molecule has 0 saturated carbocycles. The average molecular weight is 179 g/mol.